The summed E-state index contributed by atoms with van der Waals surface area (Å²) in [5, 5.41) is 17.0. The quantitative estimate of drug-likeness (QED) is 0.666. The van der Waals surface area contributed by atoms with Gasteiger partial charge in [0.1, 0.15) is 5.76 Å². The fraction of sp³-hybridized carbons (Fsp3) is 0.133. The van der Waals surface area contributed by atoms with Crippen molar-refractivity contribution in [2.24, 2.45) is 0 Å². The lowest BCUT2D eigenvalue weighted by atomic mass is 10.2. The molecule has 1 atom stereocenters. The van der Waals surface area contributed by atoms with E-state index in [1.165, 1.54) is 12.1 Å². The first-order chi connectivity index (χ1) is 10.6. The zero-order chi connectivity index (χ0) is 15.6. The molecule has 112 valence electrons. The molecule has 2 heterocycles. The number of nitrogens with zero attached hydrogens (tertiary/aromatic N) is 2. The van der Waals surface area contributed by atoms with Gasteiger partial charge in [0.15, 0.2) is 0 Å². The van der Waals surface area contributed by atoms with Crippen molar-refractivity contribution < 1.29 is 9.66 Å². The van der Waals surface area contributed by atoms with Crippen LogP contribution >= 0.6 is 0 Å². The van der Waals surface area contributed by atoms with E-state index in [1.54, 1.807) is 37.7 Å². The number of hydrogen-bond acceptors (Lipinski definition) is 6. The molecule has 2 N–H and O–H groups in total. The van der Waals surface area contributed by atoms with Gasteiger partial charge < -0.3 is 15.4 Å². The minimum Gasteiger partial charge on any atom is -0.448 e. The van der Waals surface area contributed by atoms with E-state index in [1.807, 2.05) is 12.1 Å². The number of nitro benzene ring substituents is 1. The second-order valence-electron chi connectivity index (χ2n) is 4.96. The third-order valence-corrected chi connectivity index (χ3v) is 3.20. The van der Waals surface area contributed by atoms with Gasteiger partial charge in [0.25, 0.3) is 11.5 Å². The Morgan fingerprint density at radius 3 is 2.82 bits per heavy atom. The van der Waals surface area contributed by atoms with Crippen LogP contribution in [0, 0.1) is 10.1 Å². The van der Waals surface area contributed by atoms with Gasteiger partial charge in [-0.3, -0.25) is 15.1 Å². The number of benzene rings is 1. The lowest BCUT2D eigenvalue weighted by Gasteiger charge is -2.27. The molecule has 7 nitrogen and oxygen atoms in total. The van der Waals surface area contributed by atoms with E-state index in [0.29, 0.717) is 11.4 Å². The van der Waals surface area contributed by atoms with Gasteiger partial charge in [0.2, 0.25) is 0 Å². The Balaban J connectivity index is 1.74. The Hall–Kier alpha value is -3.09. The second kappa shape index (κ2) is 5.36. The minimum atomic E-state index is -0.881. The molecule has 3 rings (SSSR count). The Kier molecular flexibility index (Phi) is 3.38. The van der Waals surface area contributed by atoms with Crippen LogP contribution in [0.25, 0.3) is 5.76 Å². The summed E-state index contributed by atoms with van der Waals surface area (Å²) in [6.07, 6.45) is 5.12. The highest BCUT2D eigenvalue weighted by Crippen LogP contribution is 2.28. The van der Waals surface area contributed by atoms with Crippen molar-refractivity contribution in [1.29, 1.82) is 0 Å². The molecular formula is C15H14N4O3. The fourth-order valence-corrected chi connectivity index (χ4v) is 2.17. The molecule has 7 heteroatoms. The van der Waals surface area contributed by atoms with Crippen LogP contribution in [0.5, 0.6) is 0 Å². The van der Waals surface area contributed by atoms with Crippen LogP contribution in [-0.4, -0.2) is 15.8 Å². The van der Waals surface area contributed by atoms with Crippen molar-refractivity contribution in [1.82, 2.24) is 10.3 Å². The van der Waals surface area contributed by atoms with E-state index >= 15 is 0 Å². The molecular weight excluding hydrogens is 284 g/mol. The molecule has 1 aliphatic heterocycles. The highest BCUT2D eigenvalue weighted by Gasteiger charge is 2.31. The average molecular weight is 298 g/mol. The molecule has 2 aromatic rings. The average Bonchev–Trinajstić information content (AvgIpc) is 2.90. The van der Waals surface area contributed by atoms with Crippen LogP contribution < -0.4 is 10.6 Å². The van der Waals surface area contributed by atoms with Crippen LogP contribution in [0.3, 0.4) is 0 Å². The van der Waals surface area contributed by atoms with Crippen LogP contribution in [-0.2, 0) is 4.74 Å². The van der Waals surface area contributed by atoms with E-state index in [-0.39, 0.29) is 5.69 Å². The topological polar surface area (TPSA) is 89.3 Å². The summed E-state index contributed by atoms with van der Waals surface area (Å²) in [4.78, 5) is 14.4. The second-order valence-corrected chi connectivity index (χ2v) is 4.96. The number of anilines is 1. The maximum atomic E-state index is 10.8. The summed E-state index contributed by atoms with van der Waals surface area (Å²) < 4.78 is 5.88. The van der Waals surface area contributed by atoms with Gasteiger partial charge in [0, 0.05) is 48.9 Å². The number of hydrogen-bond donors (Lipinski definition) is 2. The van der Waals surface area contributed by atoms with Crippen molar-refractivity contribution in [3.63, 3.8) is 0 Å². The molecule has 22 heavy (non-hydrogen) atoms. The molecule has 0 radical (unpaired) electrons. The highest BCUT2D eigenvalue weighted by atomic mass is 16.6. The first kappa shape index (κ1) is 13.9. The summed E-state index contributed by atoms with van der Waals surface area (Å²) in [6, 6.07) is 9.95. The fourth-order valence-electron chi connectivity index (χ4n) is 2.17. The van der Waals surface area contributed by atoms with Gasteiger partial charge in [-0.25, -0.2) is 0 Å². The van der Waals surface area contributed by atoms with Gasteiger partial charge in [-0.15, -0.1) is 0 Å². The number of non-ortho nitro benzene ring substituents is 1. The van der Waals surface area contributed by atoms with Crippen molar-refractivity contribution >= 4 is 17.1 Å². The number of rotatable bonds is 4. The number of ether oxygens (including phenoxy) is 1. The summed E-state index contributed by atoms with van der Waals surface area (Å²) in [6.45, 7) is 1.80. The molecule has 0 bridgehead atoms. The van der Waals surface area contributed by atoms with Gasteiger partial charge >= 0.3 is 0 Å². The van der Waals surface area contributed by atoms with Crippen molar-refractivity contribution in [3.05, 3.63) is 70.7 Å². The molecule has 1 unspecified atom stereocenters. The van der Waals surface area contributed by atoms with Crippen LogP contribution in [0.15, 0.2) is 55.0 Å². The third-order valence-electron chi connectivity index (χ3n) is 3.20. The first-order valence-electron chi connectivity index (χ1n) is 6.66. The molecule has 1 aromatic heterocycles. The van der Waals surface area contributed by atoms with Gasteiger partial charge in [-0.05, 0) is 18.2 Å². The molecule has 0 aliphatic carbocycles. The summed E-state index contributed by atoms with van der Waals surface area (Å²) in [7, 11) is 0. The largest absolute Gasteiger partial charge is 0.448 e. The maximum Gasteiger partial charge on any atom is 0.271 e. The zero-order valence-electron chi connectivity index (χ0n) is 11.8. The third kappa shape index (κ3) is 2.83. The molecule has 0 spiro atoms. The SMILES string of the molecule is CC1(Nc2cccc([N+](=O)[O-])c2)NC=C(c2ccncc2)O1. The standard InChI is InChI=1S/C15H14N4O3/c1-15(18-12-3-2-4-13(9-12)19(20)21)17-10-14(22-15)11-5-7-16-8-6-11/h2-10,17-18H,1H3. The summed E-state index contributed by atoms with van der Waals surface area (Å²) in [5.74, 6) is -0.212. The molecule has 0 amide bonds. The van der Waals surface area contributed by atoms with Crippen molar-refractivity contribution in [3.8, 4) is 0 Å². The smallest absolute Gasteiger partial charge is 0.271 e. The lowest BCUT2D eigenvalue weighted by molar-refractivity contribution is -0.384. The van der Waals surface area contributed by atoms with E-state index < -0.39 is 10.8 Å². The Labute approximate surface area is 126 Å². The minimum absolute atomic E-state index is 0.0221. The Morgan fingerprint density at radius 2 is 2.09 bits per heavy atom. The Morgan fingerprint density at radius 1 is 1.32 bits per heavy atom. The summed E-state index contributed by atoms with van der Waals surface area (Å²) in [5.41, 5.74) is 1.51. The number of aromatic nitrogens is 1. The predicted molar refractivity (Wildman–Crippen MR) is 81.6 cm³/mol. The molecule has 1 aliphatic rings. The van der Waals surface area contributed by atoms with Crippen LogP contribution in [0.2, 0.25) is 0 Å². The van der Waals surface area contributed by atoms with Crippen LogP contribution in [0.1, 0.15) is 12.5 Å². The van der Waals surface area contributed by atoms with Crippen LogP contribution in [0.4, 0.5) is 11.4 Å². The maximum absolute atomic E-state index is 10.8. The number of pyridine rings is 1. The van der Waals surface area contributed by atoms with E-state index in [4.69, 9.17) is 4.74 Å². The number of nitro groups is 1. The van der Waals surface area contributed by atoms with Crippen molar-refractivity contribution in [2.75, 3.05) is 5.32 Å². The first-order valence-corrected chi connectivity index (χ1v) is 6.66. The normalized spacial score (nSPS) is 19.8. The highest BCUT2D eigenvalue weighted by molar-refractivity contribution is 5.62. The molecule has 0 saturated heterocycles. The number of nitrogens with one attached hydrogen (secondary N) is 2. The van der Waals surface area contributed by atoms with Crippen molar-refractivity contribution in [2.45, 2.75) is 12.8 Å². The van der Waals surface area contributed by atoms with E-state index in [2.05, 4.69) is 15.6 Å². The lowest BCUT2D eigenvalue weighted by Crippen LogP contribution is -2.45. The zero-order valence-corrected chi connectivity index (χ0v) is 11.8. The Bertz CT molecular complexity index is 733. The predicted octanol–water partition coefficient (Wildman–Crippen LogP) is 2.69. The van der Waals surface area contributed by atoms with Gasteiger partial charge in [-0.2, -0.15) is 0 Å². The monoisotopic (exact) mass is 298 g/mol. The van der Waals surface area contributed by atoms with Gasteiger partial charge in [-0.1, -0.05) is 6.07 Å². The molecule has 1 aromatic carbocycles. The van der Waals surface area contributed by atoms with Gasteiger partial charge in [0.05, 0.1) is 4.92 Å². The van der Waals surface area contributed by atoms with E-state index in [0.717, 1.165) is 5.56 Å². The molecule has 0 fully saturated rings. The summed E-state index contributed by atoms with van der Waals surface area (Å²) >= 11 is 0. The van der Waals surface area contributed by atoms with E-state index in [9.17, 15) is 10.1 Å². The molecule has 0 saturated carbocycles.